The Hall–Kier alpha value is -0.0400. The molecule has 0 aromatic rings. The molecule has 0 aliphatic rings. The summed E-state index contributed by atoms with van der Waals surface area (Å²) in [5.74, 6) is 0. The van der Waals surface area contributed by atoms with Gasteiger partial charge in [-0.3, -0.25) is 0 Å². The van der Waals surface area contributed by atoms with Crippen molar-refractivity contribution in [2.45, 2.75) is 20.3 Å². The largest absolute Gasteiger partial charge is 0.304 e. The lowest BCUT2D eigenvalue weighted by Gasteiger charge is -2.15. The molecule has 0 amide bonds. The van der Waals surface area contributed by atoms with Crippen molar-refractivity contribution < 1.29 is 0 Å². The Bertz CT molecular complexity index is 39.7. The zero-order chi connectivity index (χ0) is 6.41. The minimum atomic E-state index is 0.949. The van der Waals surface area contributed by atoms with E-state index < -0.39 is 0 Å². The summed E-state index contributed by atoms with van der Waals surface area (Å²) < 4.78 is 0. The van der Waals surface area contributed by atoms with Crippen LogP contribution in [0.2, 0.25) is 0 Å². The van der Waals surface area contributed by atoms with Gasteiger partial charge < -0.3 is 4.90 Å². The van der Waals surface area contributed by atoms with E-state index >= 15 is 0 Å². The van der Waals surface area contributed by atoms with Crippen LogP contribution in [0.1, 0.15) is 20.3 Å². The summed E-state index contributed by atoms with van der Waals surface area (Å²) in [5.41, 5.74) is 0. The van der Waals surface area contributed by atoms with Crippen molar-refractivity contribution in [3.63, 3.8) is 0 Å². The van der Waals surface area contributed by atoms with E-state index in [-0.39, 0.29) is 0 Å². The fourth-order valence-corrected chi connectivity index (χ4v) is 0.744. The van der Waals surface area contributed by atoms with E-state index in [1.807, 2.05) is 0 Å². The van der Waals surface area contributed by atoms with Crippen molar-refractivity contribution in [1.82, 2.24) is 4.90 Å². The lowest BCUT2D eigenvalue weighted by Crippen LogP contribution is -2.23. The number of rotatable bonds is 4. The average molecular weight is 114 g/mol. The minimum absolute atomic E-state index is 0.949. The van der Waals surface area contributed by atoms with Gasteiger partial charge in [-0.2, -0.15) is 0 Å². The molecule has 0 rings (SSSR count). The van der Waals surface area contributed by atoms with E-state index in [2.05, 4.69) is 25.7 Å². The first-order valence-electron chi connectivity index (χ1n) is 3.36. The number of hydrogen-bond donors (Lipinski definition) is 0. The summed E-state index contributed by atoms with van der Waals surface area (Å²) in [6.45, 7) is 11.4. The molecule has 0 saturated heterocycles. The molecule has 0 saturated carbocycles. The highest BCUT2D eigenvalue weighted by Crippen LogP contribution is 1.87. The van der Waals surface area contributed by atoms with Crippen LogP contribution in [-0.4, -0.2) is 24.5 Å². The van der Waals surface area contributed by atoms with E-state index in [4.69, 9.17) is 0 Å². The highest BCUT2D eigenvalue weighted by atomic mass is 15.1. The van der Waals surface area contributed by atoms with E-state index in [1.165, 1.54) is 13.0 Å². The Labute approximate surface area is 52.7 Å². The van der Waals surface area contributed by atoms with Crippen LogP contribution in [0.15, 0.2) is 0 Å². The molecule has 49 valence electrons. The lowest BCUT2D eigenvalue weighted by molar-refractivity contribution is 0.318. The van der Waals surface area contributed by atoms with E-state index in [0.717, 1.165) is 13.1 Å². The van der Waals surface area contributed by atoms with Gasteiger partial charge in [0, 0.05) is 0 Å². The van der Waals surface area contributed by atoms with Gasteiger partial charge in [0.2, 0.25) is 0 Å². The van der Waals surface area contributed by atoms with Crippen LogP contribution in [0.25, 0.3) is 0 Å². The fourth-order valence-electron chi connectivity index (χ4n) is 0.744. The van der Waals surface area contributed by atoms with Crippen molar-refractivity contribution in [1.29, 1.82) is 0 Å². The van der Waals surface area contributed by atoms with Gasteiger partial charge in [0.15, 0.2) is 0 Å². The van der Waals surface area contributed by atoms with Gasteiger partial charge in [-0.05, 0) is 33.0 Å². The van der Waals surface area contributed by atoms with E-state index in [0.29, 0.717) is 0 Å². The first-order valence-corrected chi connectivity index (χ1v) is 3.36. The van der Waals surface area contributed by atoms with Crippen molar-refractivity contribution in [3.05, 3.63) is 6.92 Å². The van der Waals surface area contributed by atoms with Crippen LogP contribution in [0, 0.1) is 6.92 Å². The molecule has 0 aliphatic heterocycles. The summed E-state index contributed by atoms with van der Waals surface area (Å²) in [5, 5.41) is 0. The third-order valence-corrected chi connectivity index (χ3v) is 1.30. The molecule has 8 heavy (non-hydrogen) atoms. The molecule has 0 heterocycles. The van der Waals surface area contributed by atoms with Crippen LogP contribution >= 0.6 is 0 Å². The maximum atomic E-state index is 3.80. The molecule has 1 nitrogen and oxygen atoms in total. The molecule has 0 atom stereocenters. The Morgan fingerprint density at radius 2 is 2.00 bits per heavy atom. The number of hydrogen-bond acceptors (Lipinski definition) is 1. The summed E-state index contributed by atoms with van der Waals surface area (Å²) in [7, 11) is 0. The van der Waals surface area contributed by atoms with Gasteiger partial charge in [0.05, 0.1) is 0 Å². The van der Waals surface area contributed by atoms with Crippen molar-refractivity contribution in [3.8, 4) is 0 Å². The molecule has 0 N–H and O–H groups in total. The van der Waals surface area contributed by atoms with Gasteiger partial charge in [-0.1, -0.05) is 13.8 Å². The average Bonchev–Trinajstić information content (AvgIpc) is 1.83. The van der Waals surface area contributed by atoms with Crippen molar-refractivity contribution in [2.75, 3.05) is 19.6 Å². The maximum Gasteiger partial charge on any atom is -0.00184 e. The molecule has 0 aromatic heterocycles. The molecule has 0 aromatic carbocycles. The number of nitrogens with zero attached hydrogens (tertiary/aromatic N) is 1. The Morgan fingerprint density at radius 3 is 2.12 bits per heavy atom. The van der Waals surface area contributed by atoms with Crippen LogP contribution in [0.5, 0.6) is 0 Å². The van der Waals surface area contributed by atoms with Gasteiger partial charge >= 0.3 is 0 Å². The smallest absolute Gasteiger partial charge is 0.00184 e. The van der Waals surface area contributed by atoms with Gasteiger partial charge in [0.25, 0.3) is 0 Å². The second kappa shape index (κ2) is 5.10. The van der Waals surface area contributed by atoms with Crippen molar-refractivity contribution >= 4 is 0 Å². The summed E-state index contributed by atoms with van der Waals surface area (Å²) in [6.07, 6.45) is 1.24. The highest BCUT2D eigenvalue weighted by molar-refractivity contribution is 4.53. The molecule has 1 heteroatoms. The Kier molecular flexibility index (Phi) is 5.08. The third-order valence-electron chi connectivity index (χ3n) is 1.30. The topological polar surface area (TPSA) is 3.24 Å². The Morgan fingerprint density at radius 1 is 1.38 bits per heavy atom. The first-order chi connectivity index (χ1) is 3.85. The maximum absolute atomic E-state index is 3.80. The molecule has 0 aliphatic carbocycles. The van der Waals surface area contributed by atoms with Crippen molar-refractivity contribution in [2.24, 2.45) is 0 Å². The predicted octanol–water partition coefficient (Wildman–Crippen LogP) is 1.55. The second-order valence-electron chi connectivity index (χ2n) is 1.93. The standard InChI is InChI=1S/C7H16N/c1-4-7-8(5-2)6-3/h2,4-7H2,1,3H3. The molecule has 0 bridgehead atoms. The fraction of sp³-hybridized carbons (Fsp3) is 0.857. The van der Waals surface area contributed by atoms with E-state index in [1.54, 1.807) is 0 Å². The molecule has 0 unspecified atom stereocenters. The van der Waals surface area contributed by atoms with Crippen LogP contribution in [-0.2, 0) is 0 Å². The summed E-state index contributed by atoms with van der Waals surface area (Å²) in [6, 6.07) is 0. The van der Waals surface area contributed by atoms with Crippen LogP contribution in [0.4, 0.5) is 0 Å². The van der Waals surface area contributed by atoms with Crippen LogP contribution < -0.4 is 0 Å². The summed E-state index contributed by atoms with van der Waals surface area (Å²) >= 11 is 0. The molecule has 0 fully saturated rings. The second-order valence-corrected chi connectivity index (χ2v) is 1.93. The molecular weight excluding hydrogens is 98.1 g/mol. The van der Waals surface area contributed by atoms with Crippen LogP contribution in [0.3, 0.4) is 0 Å². The summed E-state index contributed by atoms with van der Waals surface area (Å²) in [4.78, 5) is 2.32. The zero-order valence-electron chi connectivity index (χ0n) is 5.98. The normalized spacial score (nSPS) is 10.5. The first kappa shape index (κ1) is 7.96. The molecule has 1 radical (unpaired) electrons. The van der Waals surface area contributed by atoms with Gasteiger partial charge in [0.1, 0.15) is 0 Å². The van der Waals surface area contributed by atoms with Gasteiger partial charge in [-0.25, -0.2) is 0 Å². The monoisotopic (exact) mass is 114 g/mol. The van der Waals surface area contributed by atoms with Gasteiger partial charge in [-0.15, -0.1) is 0 Å². The third kappa shape index (κ3) is 3.03. The zero-order valence-corrected chi connectivity index (χ0v) is 5.98. The quantitative estimate of drug-likeness (QED) is 0.536. The minimum Gasteiger partial charge on any atom is -0.304 e. The molecular formula is C7H16N. The molecule has 0 spiro atoms. The van der Waals surface area contributed by atoms with E-state index in [9.17, 15) is 0 Å². The predicted molar refractivity (Wildman–Crippen MR) is 37.8 cm³/mol. The SMILES string of the molecule is [CH2]CN(CC)CCC. The highest BCUT2D eigenvalue weighted by Gasteiger charge is 1.92. The lowest BCUT2D eigenvalue weighted by atomic mass is 10.4. The Balaban J connectivity index is 3.07.